The van der Waals surface area contributed by atoms with Crippen molar-refractivity contribution >= 4 is 15.7 Å². The van der Waals surface area contributed by atoms with Crippen molar-refractivity contribution in [3.63, 3.8) is 0 Å². The third-order valence-corrected chi connectivity index (χ3v) is 4.46. The highest BCUT2D eigenvalue weighted by Crippen LogP contribution is 2.22. The number of aliphatic hydroxyl groups is 1. The summed E-state index contributed by atoms with van der Waals surface area (Å²) in [5, 5.41) is 19.6. The van der Waals surface area contributed by atoms with Crippen molar-refractivity contribution in [2.45, 2.75) is 31.2 Å². The molecular weight excluding hydrogens is 303 g/mol. The number of nitro groups is 1. The predicted molar refractivity (Wildman–Crippen MR) is 73.7 cm³/mol. The van der Waals surface area contributed by atoms with Gasteiger partial charge >= 0.3 is 5.69 Å². The molecule has 0 aliphatic rings. The highest BCUT2D eigenvalue weighted by Gasteiger charge is 2.25. The summed E-state index contributed by atoms with van der Waals surface area (Å²) in [5.41, 5.74) is -0.902. The van der Waals surface area contributed by atoms with Crippen LogP contribution >= 0.6 is 0 Å². The molecule has 0 spiro atoms. The number of hydrogen-bond acceptors (Lipinski definition) is 5. The van der Waals surface area contributed by atoms with Crippen LogP contribution < -0.4 is 4.72 Å². The zero-order chi connectivity index (χ0) is 16.2. The zero-order valence-corrected chi connectivity index (χ0v) is 12.4. The van der Waals surface area contributed by atoms with E-state index >= 15 is 0 Å². The third-order valence-electron chi connectivity index (χ3n) is 2.98. The first-order valence-electron chi connectivity index (χ1n) is 6.26. The molecule has 0 saturated carbocycles. The number of sulfonamides is 1. The van der Waals surface area contributed by atoms with Crippen LogP contribution in [0.15, 0.2) is 23.1 Å². The predicted octanol–water partition coefficient (Wildman–Crippen LogP) is 1.42. The van der Waals surface area contributed by atoms with Crippen LogP contribution in [0.5, 0.6) is 0 Å². The number of aliphatic hydroxyl groups excluding tert-OH is 1. The number of rotatable bonds is 7. The molecule has 1 rings (SSSR count). The molecule has 1 aromatic rings. The standard InChI is InChI=1S/C12H17FN2O5S/c1-8(2)11(5-6-16)14-21(19,20)9-3-4-10(13)12(7-9)15(17)18/h3-4,7-8,11,14,16H,5-6H2,1-2H3. The molecule has 0 radical (unpaired) electrons. The van der Waals surface area contributed by atoms with Gasteiger partial charge in [-0.3, -0.25) is 10.1 Å². The molecule has 21 heavy (non-hydrogen) atoms. The molecule has 9 heteroatoms. The summed E-state index contributed by atoms with van der Waals surface area (Å²) in [5.74, 6) is -1.18. The maximum Gasteiger partial charge on any atom is 0.306 e. The van der Waals surface area contributed by atoms with Crippen LogP contribution in [0.2, 0.25) is 0 Å². The fraction of sp³-hybridized carbons (Fsp3) is 0.500. The zero-order valence-electron chi connectivity index (χ0n) is 11.6. The van der Waals surface area contributed by atoms with Gasteiger partial charge < -0.3 is 5.11 Å². The van der Waals surface area contributed by atoms with E-state index in [0.717, 1.165) is 12.1 Å². The van der Waals surface area contributed by atoms with Crippen molar-refractivity contribution in [1.29, 1.82) is 0 Å². The van der Waals surface area contributed by atoms with E-state index in [1.807, 2.05) is 0 Å². The Morgan fingerprint density at radius 1 is 1.43 bits per heavy atom. The lowest BCUT2D eigenvalue weighted by molar-refractivity contribution is -0.387. The minimum Gasteiger partial charge on any atom is -0.396 e. The van der Waals surface area contributed by atoms with Gasteiger partial charge in [0.25, 0.3) is 0 Å². The second-order valence-corrected chi connectivity index (χ2v) is 6.57. The normalized spacial score (nSPS) is 13.4. The Morgan fingerprint density at radius 2 is 2.05 bits per heavy atom. The van der Waals surface area contributed by atoms with Gasteiger partial charge in [0, 0.05) is 18.7 Å². The van der Waals surface area contributed by atoms with E-state index in [1.54, 1.807) is 13.8 Å². The van der Waals surface area contributed by atoms with E-state index in [1.165, 1.54) is 0 Å². The van der Waals surface area contributed by atoms with Crippen LogP contribution in [0.1, 0.15) is 20.3 Å². The summed E-state index contributed by atoms with van der Waals surface area (Å²) in [6.45, 7) is 3.35. The average molecular weight is 320 g/mol. The van der Waals surface area contributed by atoms with E-state index in [-0.39, 0.29) is 23.8 Å². The van der Waals surface area contributed by atoms with Crippen LogP contribution in [-0.4, -0.2) is 31.1 Å². The van der Waals surface area contributed by atoms with Gasteiger partial charge in [-0.2, -0.15) is 4.39 Å². The summed E-state index contributed by atoms with van der Waals surface area (Å²) < 4.78 is 39.9. The van der Waals surface area contributed by atoms with Crippen LogP contribution in [0, 0.1) is 21.8 Å². The molecule has 0 heterocycles. The first-order chi connectivity index (χ1) is 9.69. The molecule has 118 valence electrons. The number of nitro benzene ring substituents is 1. The Kier molecular flexibility index (Phi) is 5.76. The SMILES string of the molecule is CC(C)C(CCO)NS(=O)(=O)c1ccc(F)c([N+](=O)[O-])c1. The molecule has 0 amide bonds. The Labute approximate surface area is 122 Å². The van der Waals surface area contributed by atoms with Crippen LogP contribution in [-0.2, 0) is 10.0 Å². The molecule has 0 aliphatic carbocycles. The highest BCUT2D eigenvalue weighted by molar-refractivity contribution is 7.89. The fourth-order valence-corrected chi connectivity index (χ4v) is 3.17. The smallest absolute Gasteiger partial charge is 0.306 e. The molecule has 0 aromatic heterocycles. The highest BCUT2D eigenvalue weighted by atomic mass is 32.2. The summed E-state index contributed by atoms with van der Waals surface area (Å²) in [6, 6.07) is 1.85. The Bertz CT molecular complexity index is 618. The second kappa shape index (κ2) is 6.92. The molecule has 0 fully saturated rings. The minimum absolute atomic E-state index is 0.0811. The van der Waals surface area contributed by atoms with E-state index in [0.29, 0.717) is 6.07 Å². The summed E-state index contributed by atoms with van der Waals surface area (Å²) in [6.07, 6.45) is 0.209. The second-order valence-electron chi connectivity index (χ2n) is 4.85. The van der Waals surface area contributed by atoms with Crippen molar-refractivity contribution in [2.24, 2.45) is 5.92 Å². The van der Waals surface area contributed by atoms with Gasteiger partial charge in [0.05, 0.1) is 9.82 Å². The molecule has 0 aliphatic heterocycles. The first kappa shape index (κ1) is 17.5. The first-order valence-corrected chi connectivity index (χ1v) is 7.74. The molecule has 1 aromatic carbocycles. The van der Waals surface area contributed by atoms with Crippen LogP contribution in [0.3, 0.4) is 0 Å². The van der Waals surface area contributed by atoms with Gasteiger partial charge in [0.1, 0.15) is 0 Å². The molecular formula is C12H17FN2O5S. The largest absolute Gasteiger partial charge is 0.396 e. The monoisotopic (exact) mass is 320 g/mol. The number of halogens is 1. The Morgan fingerprint density at radius 3 is 2.52 bits per heavy atom. The number of nitrogens with one attached hydrogen (secondary N) is 1. The summed E-state index contributed by atoms with van der Waals surface area (Å²) in [4.78, 5) is 9.28. The maximum atomic E-state index is 13.2. The fourth-order valence-electron chi connectivity index (χ4n) is 1.73. The van der Waals surface area contributed by atoms with Gasteiger partial charge in [-0.25, -0.2) is 13.1 Å². The molecule has 7 nitrogen and oxygen atoms in total. The van der Waals surface area contributed by atoms with E-state index in [9.17, 15) is 22.9 Å². The Balaban J connectivity index is 3.13. The minimum atomic E-state index is -4.03. The summed E-state index contributed by atoms with van der Waals surface area (Å²) >= 11 is 0. The maximum absolute atomic E-state index is 13.2. The van der Waals surface area contributed by atoms with Crippen molar-refractivity contribution in [2.75, 3.05) is 6.61 Å². The molecule has 1 unspecified atom stereocenters. The van der Waals surface area contributed by atoms with Gasteiger partial charge in [-0.05, 0) is 24.5 Å². The van der Waals surface area contributed by atoms with E-state index in [4.69, 9.17) is 5.11 Å². The van der Waals surface area contributed by atoms with Crippen LogP contribution in [0.25, 0.3) is 0 Å². The molecule has 1 atom stereocenters. The summed E-state index contributed by atoms with van der Waals surface area (Å²) in [7, 11) is -4.03. The van der Waals surface area contributed by atoms with Crippen LogP contribution in [0.4, 0.5) is 10.1 Å². The van der Waals surface area contributed by atoms with Gasteiger partial charge in [-0.1, -0.05) is 13.8 Å². The van der Waals surface area contributed by atoms with Gasteiger partial charge in [0.2, 0.25) is 15.8 Å². The average Bonchev–Trinajstić information content (AvgIpc) is 2.37. The molecule has 0 saturated heterocycles. The number of hydrogen-bond donors (Lipinski definition) is 2. The topological polar surface area (TPSA) is 110 Å². The van der Waals surface area contributed by atoms with Crippen molar-refractivity contribution in [1.82, 2.24) is 4.72 Å². The number of nitrogens with zero attached hydrogens (tertiary/aromatic N) is 1. The van der Waals surface area contributed by atoms with Gasteiger partial charge in [-0.15, -0.1) is 0 Å². The lowest BCUT2D eigenvalue weighted by Crippen LogP contribution is -2.39. The third kappa shape index (κ3) is 4.45. The molecule has 0 bridgehead atoms. The van der Waals surface area contributed by atoms with Crippen molar-refractivity contribution in [3.8, 4) is 0 Å². The van der Waals surface area contributed by atoms with Crippen molar-refractivity contribution < 1.29 is 22.8 Å². The van der Waals surface area contributed by atoms with Crippen molar-refractivity contribution in [3.05, 3.63) is 34.1 Å². The molecule has 2 N–H and O–H groups in total. The van der Waals surface area contributed by atoms with Gasteiger partial charge in [0.15, 0.2) is 0 Å². The van der Waals surface area contributed by atoms with E-state index < -0.39 is 32.5 Å². The van der Waals surface area contributed by atoms with E-state index in [2.05, 4.69) is 4.72 Å². The number of benzene rings is 1. The lowest BCUT2D eigenvalue weighted by Gasteiger charge is -2.21. The quantitative estimate of drug-likeness (QED) is 0.583. The Hall–Kier alpha value is -1.58. The lowest BCUT2D eigenvalue weighted by atomic mass is 10.0.